The molecular formula is C17H19NS3. The van der Waals surface area contributed by atoms with Gasteiger partial charge < -0.3 is 0 Å². The highest BCUT2D eigenvalue weighted by molar-refractivity contribution is 7.11. The zero-order chi connectivity index (χ0) is 14.5. The molecular weight excluding hydrogens is 314 g/mol. The minimum absolute atomic E-state index is 0.309. The molecule has 1 nitrogen and oxygen atoms in total. The first kappa shape index (κ1) is 15.0. The van der Waals surface area contributed by atoms with Crippen LogP contribution in [0, 0.1) is 0 Å². The van der Waals surface area contributed by atoms with Crippen LogP contribution in [-0.2, 0) is 0 Å². The maximum atomic E-state index is 3.89. The second kappa shape index (κ2) is 7.36. The number of hydrogen-bond acceptors (Lipinski definition) is 4. The molecule has 0 saturated heterocycles. The summed E-state index contributed by atoms with van der Waals surface area (Å²) in [5.41, 5.74) is 0. The Morgan fingerprint density at radius 1 is 0.857 bits per heavy atom. The van der Waals surface area contributed by atoms with E-state index >= 15 is 0 Å². The van der Waals surface area contributed by atoms with E-state index in [4.69, 9.17) is 0 Å². The van der Waals surface area contributed by atoms with Gasteiger partial charge in [0.25, 0.3) is 0 Å². The van der Waals surface area contributed by atoms with Crippen molar-refractivity contribution in [3.05, 3.63) is 67.2 Å². The van der Waals surface area contributed by atoms with E-state index in [1.807, 2.05) is 34.0 Å². The predicted molar refractivity (Wildman–Crippen MR) is 95.6 cm³/mol. The number of thiophene rings is 3. The predicted octanol–water partition coefficient (Wildman–Crippen LogP) is 6.09. The molecule has 0 aliphatic heterocycles. The third-order valence-electron chi connectivity index (χ3n) is 3.49. The van der Waals surface area contributed by atoms with Crippen LogP contribution in [0.2, 0.25) is 0 Å². The van der Waals surface area contributed by atoms with Gasteiger partial charge in [-0.1, -0.05) is 31.5 Å². The largest absolute Gasteiger partial charge is 0.297 e. The van der Waals surface area contributed by atoms with Crippen LogP contribution in [-0.4, -0.2) is 0 Å². The van der Waals surface area contributed by atoms with E-state index in [9.17, 15) is 0 Å². The van der Waals surface area contributed by atoms with Gasteiger partial charge in [0.15, 0.2) is 0 Å². The SMILES string of the molecule is CCCC(NC(c1cccs1)c1cccs1)c1cccs1. The Morgan fingerprint density at radius 2 is 1.38 bits per heavy atom. The molecule has 21 heavy (non-hydrogen) atoms. The van der Waals surface area contributed by atoms with Crippen molar-refractivity contribution < 1.29 is 0 Å². The van der Waals surface area contributed by atoms with Crippen molar-refractivity contribution in [2.24, 2.45) is 0 Å². The maximum Gasteiger partial charge on any atom is 0.0769 e. The van der Waals surface area contributed by atoms with Gasteiger partial charge in [-0.25, -0.2) is 0 Å². The second-order valence-electron chi connectivity index (χ2n) is 4.99. The van der Waals surface area contributed by atoms with E-state index in [2.05, 4.69) is 64.8 Å². The van der Waals surface area contributed by atoms with Gasteiger partial charge in [0.1, 0.15) is 0 Å². The fourth-order valence-electron chi connectivity index (χ4n) is 2.50. The summed E-state index contributed by atoms with van der Waals surface area (Å²) in [6.07, 6.45) is 2.37. The zero-order valence-corrected chi connectivity index (χ0v) is 14.4. The molecule has 110 valence electrons. The molecule has 0 aliphatic rings. The molecule has 3 aromatic rings. The number of hydrogen-bond donors (Lipinski definition) is 1. The monoisotopic (exact) mass is 333 g/mol. The van der Waals surface area contributed by atoms with Crippen molar-refractivity contribution in [3.8, 4) is 0 Å². The summed E-state index contributed by atoms with van der Waals surface area (Å²) >= 11 is 5.52. The third kappa shape index (κ3) is 3.64. The first-order chi connectivity index (χ1) is 10.4. The van der Waals surface area contributed by atoms with Gasteiger partial charge in [0, 0.05) is 20.7 Å². The smallest absolute Gasteiger partial charge is 0.0769 e. The van der Waals surface area contributed by atoms with Gasteiger partial charge in [0.2, 0.25) is 0 Å². The summed E-state index contributed by atoms with van der Waals surface area (Å²) < 4.78 is 0. The number of rotatable bonds is 7. The van der Waals surface area contributed by atoms with E-state index in [0.717, 1.165) is 0 Å². The highest BCUT2D eigenvalue weighted by Gasteiger charge is 2.21. The van der Waals surface area contributed by atoms with E-state index in [0.29, 0.717) is 12.1 Å². The van der Waals surface area contributed by atoms with Crippen LogP contribution in [0.15, 0.2) is 52.5 Å². The van der Waals surface area contributed by atoms with Crippen LogP contribution in [0.3, 0.4) is 0 Å². The van der Waals surface area contributed by atoms with E-state index in [1.54, 1.807) is 0 Å². The molecule has 1 N–H and O–H groups in total. The van der Waals surface area contributed by atoms with Gasteiger partial charge in [-0.15, -0.1) is 34.0 Å². The fraction of sp³-hybridized carbons (Fsp3) is 0.294. The molecule has 0 amide bonds. The summed E-state index contributed by atoms with van der Waals surface area (Å²) in [5, 5.41) is 10.4. The van der Waals surface area contributed by atoms with Crippen molar-refractivity contribution in [1.82, 2.24) is 5.32 Å². The molecule has 1 atom stereocenters. The first-order valence-electron chi connectivity index (χ1n) is 7.24. The molecule has 0 bridgehead atoms. The topological polar surface area (TPSA) is 12.0 Å². The van der Waals surface area contributed by atoms with Crippen molar-refractivity contribution >= 4 is 34.0 Å². The lowest BCUT2D eigenvalue weighted by Crippen LogP contribution is -2.25. The zero-order valence-electron chi connectivity index (χ0n) is 12.0. The maximum absolute atomic E-state index is 3.89. The van der Waals surface area contributed by atoms with Crippen LogP contribution in [0.5, 0.6) is 0 Å². The Hall–Kier alpha value is -0.940. The van der Waals surface area contributed by atoms with E-state index in [-0.39, 0.29) is 0 Å². The Morgan fingerprint density at radius 3 is 1.81 bits per heavy atom. The standard InChI is InChI=1S/C17H19NS3/c1-2-6-13(14-7-3-10-19-14)18-17(15-8-4-11-20-15)16-9-5-12-21-16/h3-5,7-13,17-18H,2,6H2,1H3. The van der Waals surface area contributed by atoms with E-state index in [1.165, 1.54) is 27.5 Å². The van der Waals surface area contributed by atoms with Crippen LogP contribution in [0.4, 0.5) is 0 Å². The minimum atomic E-state index is 0.309. The summed E-state index contributed by atoms with van der Waals surface area (Å²) in [5.74, 6) is 0. The van der Waals surface area contributed by atoms with Crippen molar-refractivity contribution in [2.75, 3.05) is 0 Å². The van der Waals surface area contributed by atoms with Gasteiger partial charge in [-0.05, 0) is 40.8 Å². The van der Waals surface area contributed by atoms with Crippen LogP contribution in [0.1, 0.15) is 46.5 Å². The second-order valence-corrected chi connectivity index (χ2v) is 7.93. The van der Waals surface area contributed by atoms with Crippen LogP contribution >= 0.6 is 34.0 Å². The molecule has 0 aliphatic carbocycles. The van der Waals surface area contributed by atoms with Gasteiger partial charge >= 0.3 is 0 Å². The minimum Gasteiger partial charge on any atom is -0.297 e. The lowest BCUT2D eigenvalue weighted by molar-refractivity contribution is 0.467. The van der Waals surface area contributed by atoms with Gasteiger partial charge in [-0.2, -0.15) is 0 Å². The Bertz CT molecular complexity index is 577. The third-order valence-corrected chi connectivity index (χ3v) is 6.35. The molecule has 0 radical (unpaired) electrons. The highest BCUT2D eigenvalue weighted by atomic mass is 32.1. The molecule has 0 fully saturated rings. The summed E-state index contributed by atoms with van der Waals surface area (Å²) in [4.78, 5) is 4.24. The lowest BCUT2D eigenvalue weighted by atomic mass is 10.1. The molecule has 3 heterocycles. The van der Waals surface area contributed by atoms with Crippen molar-refractivity contribution in [2.45, 2.75) is 31.8 Å². The molecule has 3 aromatic heterocycles. The molecule has 0 aromatic carbocycles. The normalized spacial score (nSPS) is 12.9. The van der Waals surface area contributed by atoms with Crippen molar-refractivity contribution in [1.29, 1.82) is 0 Å². The van der Waals surface area contributed by atoms with E-state index < -0.39 is 0 Å². The Balaban J connectivity index is 1.86. The van der Waals surface area contributed by atoms with Crippen LogP contribution in [0.25, 0.3) is 0 Å². The lowest BCUT2D eigenvalue weighted by Gasteiger charge is -2.24. The summed E-state index contributed by atoms with van der Waals surface area (Å²) in [7, 11) is 0. The van der Waals surface area contributed by atoms with Gasteiger partial charge in [-0.3, -0.25) is 5.32 Å². The molecule has 3 rings (SSSR count). The molecule has 4 heteroatoms. The Labute approximate surface area is 138 Å². The summed E-state index contributed by atoms with van der Waals surface area (Å²) in [6, 6.07) is 13.9. The summed E-state index contributed by atoms with van der Waals surface area (Å²) in [6.45, 7) is 2.26. The molecule has 1 unspecified atom stereocenters. The highest BCUT2D eigenvalue weighted by Crippen LogP contribution is 2.33. The van der Waals surface area contributed by atoms with Crippen LogP contribution < -0.4 is 5.32 Å². The quantitative estimate of drug-likeness (QED) is 0.551. The average molecular weight is 334 g/mol. The Kier molecular flexibility index (Phi) is 5.25. The molecule has 0 spiro atoms. The fourth-order valence-corrected chi connectivity index (χ4v) is 5.00. The first-order valence-corrected chi connectivity index (χ1v) is 9.88. The average Bonchev–Trinajstić information content (AvgIpc) is 3.27. The van der Waals surface area contributed by atoms with Gasteiger partial charge in [0.05, 0.1) is 6.04 Å². The van der Waals surface area contributed by atoms with Crippen molar-refractivity contribution in [3.63, 3.8) is 0 Å². The number of nitrogens with one attached hydrogen (secondary N) is 1. The molecule has 0 saturated carbocycles.